The van der Waals surface area contributed by atoms with Gasteiger partial charge in [-0.15, -0.1) is 5.10 Å². The number of hydrogen-bond donors (Lipinski definition) is 2. The maximum Gasteiger partial charge on any atom is 0.343 e. The predicted octanol–water partition coefficient (Wildman–Crippen LogP) is 1.90. The van der Waals surface area contributed by atoms with Crippen molar-refractivity contribution in [1.29, 1.82) is 0 Å². The molecule has 128 valence electrons. The van der Waals surface area contributed by atoms with Gasteiger partial charge in [-0.25, -0.2) is 13.9 Å². The van der Waals surface area contributed by atoms with Gasteiger partial charge in [-0.05, 0) is 48.8 Å². The third-order valence-electron chi connectivity index (χ3n) is 4.30. The highest BCUT2D eigenvalue weighted by Crippen LogP contribution is 2.39. The fourth-order valence-electron chi connectivity index (χ4n) is 2.76. The van der Waals surface area contributed by atoms with E-state index in [1.54, 1.807) is 6.07 Å². The molecule has 6 nitrogen and oxygen atoms in total. The van der Waals surface area contributed by atoms with E-state index < -0.39 is 11.6 Å². The number of hydrogen-bond acceptors (Lipinski definition) is 3. The van der Waals surface area contributed by atoms with Gasteiger partial charge in [0.1, 0.15) is 5.82 Å². The first-order valence-corrected chi connectivity index (χ1v) is 8.17. The Labute approximate surface area is 143 Å². The second-order valence-electron chi connectivity index (χ2n) is 6.15. The minimum absolute atomic E-state index is 0.00291. The molecule has 0 unspecified atom stereocenters. The van der Waals surface area contributed by atoms with Gasteiger partial charge in [-0.2, -0.15) is 0 Å². The number of halogens is 2. The molecule has 0 radical (unpaired) electrons. The monoisotopic (exact) mass is 352 g/mol. The van der Waals surface area contributed by atoms with Crippen LogP contribution in [0.25, 0.3) is 0 Å². The molecule has 2 N–H and O–H groups in total. The van der Waals surface area contributed by atoms with Gasteiger partial charge >= 0.3 is 5.69 Å². The van der Waals surface area contributed by atoms with Crippen molar-refractivity contribution < 1.29 is 9.18 Å². The van der Waals surface area contributed by atoms with Gasteiger partial charge in [0.15, 0.2) is 0 Å². The Kier molecular flexibility index (Phi) is 4.71. The van der Waals surface area contributed by atoms with Crippen molar-refractivity contribution >= 4 is 17.5 Å². The highest BCUT2D eigenvalue weighted by Gasteiger charge is 2.32. The SMILES string of the molecule is Cn1nc(C(=O)NC[C@H](Cc2ccc(F)cc2Cl)C2CC2)[nH]c1=O. The number of amides is 1. The van der Waals surface area contributed by atoms with Crippen LogP contribution in [0.4, 0.5) is 4.39 Å². The predicted molar refractivity (Wildman–Crippen MR) is 87.5 cm³/mol. The molecule has 3 rings (SSSR count). The van der Waals surface area contributed by atoms with E-state index in [2.05, 4.69) is 15.4 Å². The van der Waals surface area contributed by atoms with Crippen LogP contribution >= 0.6 is 11.6 Å². The summed E-state index contributed by atoms with van der Waals surface area (Å²) in [7, 11) is 1.47. The van der Waals surface area contributed by atoms with Gasteiger partial charge in [-0.3, -0.25) is 9.78 Å². The van der Waals surface area contributed by atoms with Crippen LogP contribution in [0.2, 0.25) is 5.02 Å². The molecule has 1 aliphatic carbocycles. The van der Waals surface area contributed by atoms with Crippen LogP contribution in [0.1, 0.15) is 29.0 Å². The summed E-state index contributed by atoms with van der Waals surface area (Å²) in [6.45, 7) is 0.454. The molecule has 1 amide bonds. The fraction of sp³-hybridized carbons (Fsp3) is 0.438. The first-order chi connectivity index (χ1) is 11.4. The number of carbonyl (C=O) groups excluding carboxylic acids is 1. The van der Waals surface area contributed by atoms with Gasteiger partial charge in [0.25, 0.3) is 5.91 Å². The minimum Gasteiger partial charge on any atom is -0.349 e. The molecule has 24 heavy (non-hydrogen) atoms. The van der Waals surface area contributed by atoms with Crippen LogP contribution in [-0.2, 0) is 13.5 Å². The summed E-state index contributed by atoms with van der Waals surface area (Å²) >= 11 is 6.10. The molecular weight excluding hydrogens is 335 g/mol. The molecule has 0 saturated heterocycles. The lowest BCUT2D eigenvalue weighted by molar-refractivity contribution is 0.0934. The van der Waals surface area contributed by atoms with Crippen molar-refractivity contribution in [3.63, 3.8) is 0 Å². The molecule has 8 heteroatoms. The van der Waals surface area contributed by atoms with E-state index in [1.165, 1.54) is 19.2 Å². The average molecular weight is 353 g/mol. The Morgan fingerprint density at radius 2 is 2.29 bits per heavy atom. The van der Waals surface area contributed by atoms with E-state index in [-0.39, 0.29) is 17.6 Å². The molecule has 0 spiro atoms. The summed E-state index contributed by atoms with van der Waals surface area (Å²) in [5.74, 6) is -0.0407. The van der Waals surface area contributed by atoms with E-state index in [1.807, 2.05) is 0 Å². The van der Waals surface area contributed by atoms with Crippen molar-refractivity contribution in [3.05, 3.63) is 50.9 Å². The van der Waals surface area contributed by atoms with Gasteiger partial charge in [0, 0.05) is 18.6 Å². The Morgan fingerprint density at radius 3 is 2.88 bits per heavy atom. The Balaban J connectivity index is 1.64. The number of nitrogens with zero attached hydrogens (tertiary/aromatic N) is 2. The summed E-state index contributed by atoms with van der Waals surface area (Å²) in [6, 6.07) is 4.38. The topological polar surface area (TPSA) is 79.8 Å². The number of benzene rings is 1. The summed E-state index contributed by atoms with van der Waals surface area (Å²) in [5, 5.41) is 7.04. The number of rotatable bonds is 6. The summed E-state index contributed by atoms with van der Waals surface area (Å²) < 4.78 is 14.2. The first-order valence-electron chi connectivity index (χ1n) is 7.79. The molecule has 1 aromatic carbocycles. The minimum atomic E-state index is -0.433. The second-order valence-corrected chi connectivity index (χ2v) is 6.56. The summed E-state index contributed by atoms with van der Waals surface area (Å²) in [4.78, 5) is 25.8. The number of H-pyrrole nitrogens is 1. The molecule has 1 saturated carbocycles. The highest BCUT2D eigenvalue weighted by molar-refractivity contribution is 6.31. The smallest absolute Gasteiger partial charge is 0.343 e. The average Bonchev–Trinajstić information content (AvgIpc) is 3.31. The highest BCUT2D eigenvalue weighted by atomic mass is 35.5. The molecule has 2 aromatic rings. The number of aromatic amines is 1. The van der Waals surface area contributed by atoms with Gasteiger partial charge < -0.3 is 5.32 Å². The van der Waals surface area contributed by atoms with Crippen molar-refractivity contribution in [1.82, 2.24) is 20.1 Å². The van der Waals surface area contributed by atoms with E-state index in [9.17, 15) is 14.0 Å². The summed E-state index contributed by atoms with van der Waals surface area (Å²) in [5.41, 5.74) is 0.437. The molecular formula is C16H18ClFN4O2. The molecule has 1 atom stereocenters. The zero-order valence-electron chi connectivity index (χ0n) is 13.2. The maximum atomic E-state index is 13.2. The van der Waals surface area contributed by atoms with Gasteiger partial charge in [0.05, 0.1) is 0 Å². The molecule has 1 fully saturated rings. The zero-order valence-corrected chi connectivity index (χ0v) is 13.9. The van der Waals surface area contributed by atoms with Crippen LogP contribution in [0, 0.1) is 17.7 Å². The van der Waals surface area contributed by atoms with Crippen LogP contribution in [0.5, 0.6) is 0 Å². The van der Waals surface area contributed by atoms with Crippen LogP contribution in [0.15, 0.2) is 23.0 Å². The van der Waals surface area contributed by atoms with Gasteiger partial charge in [-0.1, -0.05) is 17.7 Å². The Morgan fingerprint density at radius 1 is 1.54 bits per heavy atom. The molecule has 1 aromatic heterocycles. The number of aryl methyl sites for hydroxylation is 1. The van der Waals surface area contributed by atoms with Crippen LogP contribution < -0.4 is 11.0 Å². The normalized spacial score (nSPS) is 15.3. The number of nitrogens with one attached hydrogen (secondary N) is 2. The van der Waals surface area contributed by atoms with E-state index in [0.717, 1.165) is 23.1 Å². The van der Waals surface area contributed by atoms with E-state index in [0.29, 0.717) is 23.9 Å². The maximum absolute atomic E-state index is 13.2. The quantitative estimate of drug-likeness (QED) is 0.833. The third kappa shape index (κ3) is 3.84. The molecule has 1 heterocycles. The van der Waals surface area contributed by atoms with E-state index in [4.69, 9.17) is 11.6 Å². The van der Waals surface area contributed by atoms with Crippen molar-refractivity contribution in [2.45, 2.75) is 19.3 Å². The molecule has 0 bridgehead atoms. The van der Waals surface area contributed by atoms with Crippen molar-refractivity contribution in [3.8, 4) is 0 Å². The fourth-order valence-corrected chi connectivity index (χ4v) is 3.00. The summed E-state index contributed by atoms with van der Waals surface area (Å²) in [6.07, 6.45) is 2.89. The standard InChI is InChI=1S/C16H18ClFN4O2/c1-22-16(24)20-14(21-22)15(23)19-8-11(9-2-3-9)6-10-4-5-12(18)7-13(10)17/h4-5,7,9,11H,2-3,6,8H2,1H3,(H,19,23)(H,20,21,24)/t11-/m0/s1. The van der Waals surface area contributed by atoms with Crippen molar-refractivity contribution in [2.24, 2.45) is 18.9 Å². The van der Waals surface area contributed by atoms with Crippen LogP contribution in [-0.4, -0.2) is 27.2 Å². The number of carbonyl (C=O) groups is 1. The first kappa shape index (κ1) is 16.7. The molecule has 1 aliphatic rings. The third-order valence-corrected chi connectivity index (χ3v) is 4.65. The zero-order chi connectivity index (χ0) is 17.3. The second kappa shape index (κ2) is 6.76. The Bertz CT molecular complexity index is 813. The lowest BCUT2D eigenvalue weighted by Crippen LogP contribution is -2.32. The van der Waals surface area contributed by atoms with E-state index >= 15 is 0 Å². The lowest BCUT2D eigenvalue weighted by Gasteiger charge is -2.17. The molecule has 0 aliphatic heterocycles. The van der Waals surface area contributed by atoms with Crippen molar-refractivity contribution in [2.75, 3.05) is 6.54 Å². The number of aromatic nitrogens is 3. The Hall–Kier alpha value is -2.15. The largest absolute Gasteiger partial charge is 0.349 e. The van der Waals surface area contributed by atoms with Crippen LogP contribution in [0.3, 0.4) is 0 Å². The lowest BCUT2D eigenvalue weighted by atomic mass is 9.94. The van der Waals surface area contributed by atoms with Gasteiger partial charge in [0.2, 0.25) is 5.82 Å².